The Bertz CT molecular complexity index is 977. The van der Waals surface area contributed by atoms with E-state index in [1.807, 2.05) is 4.90 Å². The molecule has 0 radical (unpaired) electrons. The maximum absolute atomic E-state index is 13.3. The molecular formula is C18H22ClFN4O5S. The molecule has 0 atom stereocenters. The van der Waals surface area contributed by atoms with Gasteiger partial charge in [0.05, 0.1) is 28.6 Å². The fourth-order valence-electron chi connectivity index (χ4n) is 3.22. The quantitative estimate of drug-likeness (QED) is 0.611. The number of carbonyl (C=O) groups is 2. The number of amides is 2. The second-order valence-electron chi connectivity index (χ2n) is 6.74. The number of carbonyl (C=O) groups excluding carboxylic acids is 2. The van der Waals surface area contributed by atoms with Crippen molar-refractivity contribution in [1.82, 2.24) is 19.8 Å². The number of rotatable bonds is 6. The van der Waals surface area contributed by atoms with Gasteiger partial charge in [0.2, 0.25) is 10.0 Å². The molecule has 2 N–H and O–H groups in total. The van der Waals surface area contributed by atoms with Crippen LogP contribution in [0, 0.1) is 5.82 Å². The Kier molecular flexibility index (Phi) is 6.96. The summed E-state index contributed by atoms with van der Waals surface area (Å²) in [6.07, 6.45) is 0. The summed E-state index contributed by atoms with van der Waals surface area (Å²) in [6.45, 7) is 3.43. The molecule has 2 amide bonds. The molecular weight excluding hydrogens is 439 g/mol. The van der Waals surface area contributed by atoms with E-state index in [1.54, 1.807) is 6.92 Å². The highest BCUT2D eigenvalue weighted by Crippen LogP contribution is 2.23. The average Bonchev–Trinajstić information content (AvgIpc) is 2.70. The number of nitrogens with one attached hydrogen (secondary N) is 2. The van der Waals surface area contributed by atoms with Crippen molar-refractivity contribution in [2.45, 2.75) is 11.8 Å². The van der Waals surface area contributed by atoms with Crippen molar-refractivity contribution in [3.05, 3.63) is 40.3 Å². The van der Waals surface area contributed by atoms with Gasteiger partial charge in [-0.3, -0.25) is 4.90 Å². The minimum atomic E-state index is -3.81. The van der Waals surface area contributed by atoms with Crippen LogP contribution in [0.25, 0.3) is 0 Å². The third-order valence-corrected chi connectivity index (χ3v) is 7.00. The molecule has 12 heteroatoms. The first-order valence-electron chi connectivity index (χ1n) is 9.34. The third-order valence-electron chi connectivity index (χ3n) is 4.82. The van der Waals surface area contributed by atoms with Crippen LogP contribution in [0.5, 0.6) is 0 Å². The van der Waals surface area contributed by atoms with Crippen molar-refractivity contribution in [3.8, 4) is 0 Å². The lowest BCUT2D eigenvalue weighted by Crippen LogP contribution is -2.52. The second-order valence-corrected chi connectivity index (χ2v) is 9.09. The van der Waals surface area contributed by atoms with Crippen LogP contribution in [-0.4, -0.2) is 75.5 Å². The van der Waals surface area contributed by atoms with Gasteiger partial charge in [0.1, 0.15) is 5.82 Å². The molecule has 0 aromatic heterocycles. The zero-order chi connectivity index (χ0) is 21.9. The van der Waals surface area contributed by atoms with Crippen LogP contribution in [0.15, 0.2) is 34.4 Å². The van der Waals surface area contributed by atoms with E-state index in [1.165, 1.54) is 10.4 Å². The van der Waals surface area contributed by atoms with Gasteiger partial charge in [-0.2, -0.15) is 4.31 Å². The highest BCUT2D eigenvalue weighted by molar-refractivity contribution is 7.89. The number of urea groups is 1. The van der Waals surface area contributed by atoms with Gasteiger partial charge in [0, 0.05) is 38.4 Å². The van der Waals surface area contributed by atoms with Crippen molar-refractivity contribution in [1.29, 1.82) is 0 Å². The Morgan fingerprint density at radius 1 is 1.27 bits per heavy atom. The predicted molar refractivity (Wildman–Crippen MR) is 107 cm³/mol. The van der Waals surface area contributed by atoms with Gasteiger partial charge in [-0.15, -0.1) is 0 Å². The second kappa shape index (κ2) is 9.29. The van der Waals surface area contributed by atoms with E-state index < -0.39 is 27.8 Å². The average molecular weight is 461 g/mol. The molecule has 30 heavy (non-hydrogen) atoms. The van der Waals surface area contributed by atoms with Crippen molar-refractivity contribution >= 4 is 33.6 Å². The van der Waals surface area contributed by atoms with E-state index in [9.17, 15) is 22.4 Å². The summed E-state index contributed by atoms with van der Waals surface area (Å²) in [5.41, 5.74) is 0.784. The zero-order valence-electron chi connectivity index (χ0n) is 16.3. The predicted octanol–water partition coefficient (Wildman–Crippen LogP) is 0.915. The summed E-state index contributed by atoms with van der Waals surface area (Å²) in [5, 5.41) is 4.92. The number of hydrogen-bond acceptors (Lipinski definition) is 6. The van der Waals surface area contributed by atoms with E-state index in [2.05, 4.69) is 10.6 Å². The topological polar surface area (TPSA) is 108 Å². The van der Waals surface area contributed by atoms with Crippen molar-refractivity contribution in [2.75, 3.05) is 45.9 Å². The van der Waals surface area contributed by atoms with Crippen molar-refractivity contribution < 1.29 is 27.1 Å². The zero-order valence-corrected chi connectivity index (χ0v) is 17.9. The lowest BCUT2D eigenvalue weighted by atomic mass is 10.1. The molecule has 0 bridgehead atoms. The molecule has 164 valence electrons. The van der Waals surface area contributed by atoms with Crippen molar-refractivity contribution in [2.24, 2.45) is 0 Å². The summed E-state index contributed by atoms with van der Waals surface area (Å²) < 4.78 is 45.3. The number of ether oxygens (including phenoxy) is 1. The fraction of sp³-hybridized carbons (Fsp3) is 0.444. The first-order chi connectivity index (χ1) is 14.2. The Balaban J connectivity index is 1.68. The van der Waals surface area contributed by atoms with Crippen LogP contribution < -0.4 is 10.6 Å². The van der Waals surface area contributed by atoms with E-state index in [0.717, 1.165) is 12.1 Å². The summed E-state index contributed by atoms with van der Waals surface area (Å²) in [7, 11) is -3.81. The van der Waals surface area contributed by atoms with Crippen LogP contribution >= 0.6 is 11.6 Å². The van der Waals surface area contributed by atoms with E-state index >= 15 is 0 Å². The molecule has 0 saturated carbocycles. The lowest BCUT2D eigenvalue weighted by molar-refractivity contribution is -0.138. The van der Waals surface area contributed by atoms with Gasteiger partial charge < -0.3 is 15.4 Å². The molecule has 0 unspecified atom stereocenters. The van der Waals surface area contributed by atoms with E-state index in [4.69, 9.17) is 16.3 Å². The largest absolute Gasteiger partial charge is 0.463 e. The molecule has 2 aliphatic rings. The SMILES string of the molecule is CCOC(=O)C1=C(CN2CCN(S(=O)(=O)c3ccc(F)c(Cl)c3)CC2)NC(=O)NC1. The molecule has 2 heterocycles. The maximum Gasteiger partial charge on any atom is 0.337 e. The summed E-state index contributed by atoms with van der Waals surface area (Å²) in [6, 6.07) is 2.89. The third kappa shape index (κ3) is 4.91. The molecule has 0 aliphatic carbocycles. The number of sulfonamides is 1. The number of piperazine rings is 1. The molecule has 1 aromatic rings. The standard InChI is InChI=1S/C18H22ClFN4O5S/c1-2-29-17(25)13-10-21-18(26)22-16(13)11-23-5-7-24(8-6-23)30(27,28)12-3-4-15(20)14(19)9-12/h3-4,9H,2,5-8,10-11H2,1H3,(H2,21,22,26). The minimum Gasteiger partial charge on any atom is -0.463 e. The fourth-order valence-corrected chi connectivity index (χ4v) is 4.91. The van der Waals surface area contributed by atoms with Crippen LogP contribution in [0.2, 0.25) is 5.02 Å². The van der Waals surface area contributed by atoms with Crippen LogP contribution in [-0.2, 0) is 19.6 Å². The van der Waals surface area contributed by atoms with Gasteiger partial charge in [0.15, 0.2) is 0 Å². The Morgan fingerprint density at radius 2 is 1.97 bits per heavy atom. The summed E-state index contributed by atoms with van der Waals surface area (Å²) in [5.74, 6) is -1.19. The highest BCUT2D eigenvalue weighted by atomic mass is 35.5. The number of halogens is 2. The smallest absolute Gasteiger partial charge is 0.337 e. The Morgan fingerprint density at radius 3 is 2.60 bits per heavy atom. The Labute approximate surface area is 178 Å². The molecule has 9 nitrogen and oxygen atoms in total. The first-order valence-corrected chi connectivity index (χ1v) is 11.2. The van der Waals surface area contributed by atoms with Crippen LogP contribution in [0.1, 0.15) is 6.92 Å². The minimum absolute atomic E-state index is 0.0691. The number of benzene rings is 1. The monoisotopic (exact) mass is 460 g/mol. The van der Waals surface area contributed by atoms with Gasteiger partial charge in [-0.05, 0) is 25.1 Å². The van der Waals surface area contributed by atoms with Gasteiger partial charge in [0.25, 0.3) is 0 Å². The number of nitrogens with zero attached hydrogens (tertiary/aromatic N) is 2. The van der Waals surface area contributed by atoms with E-state index in [0.29, 0.717) is 24.4 Å². The first kappa shape index (κ1) is 22.5. The molecule has 0 spiro atoms. The van der Waals surface area contributed by atoms with Gasteiger partial charge in [-0.25, -0.2) is 22.4 Å². The van der Waals surface area contributed by atoms with Crippen molar-refractivity contribution in [3.63, 3.8) is 0 Å². The van der Waals surface area contributed by atoms with E-state index in [-0.39, 0.29) is 42.7 Å². The Hall–Kier alpha value is -2.21. The lowest BCUT2D eigenvalue weighted by Gasteiger charge is -2.35. The summed E-state index contributed by atoms with van der Waals surface area (Å²) >= 11 is 5.72. The number of esters is 1. The molecule has 3 rings (SSSR count). The van der Waals surface area contributed by atoms with Crippen LogP contribution in [0.3, 0.4) is 0 Å². The number of hydrogen-bond donors (Lipinski definition) is 2. The van der Waals surface area contributed by atoms with Crippen LogP contribution in [0.4, 0.5) is 9.18 Å². The molecule has 2 aliphatic heterocycles. The molecule has 1 fully saturated rings. The normalized spacial score (nSPS) is 18.7. The highest BCUT2D eigenvalue weighted by Gasteiger charge is 2.31. The summed E-state index contributed by atoms with van der Waals surface area (Å²) in [4.78, 5) is 25.7. The maximum atomic E-state index is 13.3. The van der Waals surface area contributed by atoms with Gasteiger partial charge in [-0.1, -0.05) is 11.6 Å². The van der Waals surface area contributed by atoms with Gasteiger partial charge >= 0.3 is 12.0 Å². The molecule has 1 saturated heterocycles. The molecule has 1 aromatic carbocycles.